The van der Waals surface area contributed by atoms with E-state index in [0.29, 0.717) is 19.6 Å². The molecule has 0 radical (unpaired) electrons. The van der Waals surface area contributed by atoms with E-state index >= 15 is 0 Å². The molecule has 0 aliphatic heterocycles. The quantitative estimate of drug-likeness (QED) is 0.590. The zero-order valence-corrected chi connectivity index (χ0v) is 15.1. The van der Waals surface area contributed by atoms with Gasteiger partial charge in [-0.1, -0.05) is 42.5 Å². The van der Waals surface area contributed by atoms with Gasteiger partial charge in [0.25, 0.3) is 0 Å². The Morgan fingerprint density at radius 1 is 1.16 bits per heavy atom. The van der Waals surface area contributed by atoms with Crippen LogP contribution >= 0.6 is 0 Å². The van der Waals surface area contributed by atoms with E-state index in [4.69, 9.17) is 9.47 Å². The first-order chi connectivity index (χ1) is 12.1. The number of esters is 1. The van der Waals surface area contributed by atoms with Gasteiger partial charge in [0.2, 0.25) is 0 Å². The lowest BCUT2D eigenvalue weighted by Crippen LogP contribution is -2.34. The number of benzene rings is 1. The lowest BCUT2D eigenvalue weighted by Gasteiger charge is -2.27. The highest BCUT2D eigenvalue weighted by atomic mass is 16.5. The highest BCUT2D eigenvalue weighted by Gasteiger charge is 2.43. The lowest BCUT2D eigenvalue weighted by molar-refractivity contribution is -0.153. The average molecular weight is 339 g/mol. The fourth-order valence-electron chi connectivity index (χ4n) is 3.63. The molecule has 1 aromatic carbocycles. The highest BCUT2D eigenvalue weighted by Crippen LogP contribution is 2.41. The van der Waals surface area contributed by atoms with Gasteiger partial charge in [0, 0.05) is 11.4 Å². The van der Waals surface area contributed by atoms with E-state index < -0.39 is 5.41 Å². The summed E-state index contributed by atoms with van der Waals surface area (Å²) in [5.41, 5.74) is 2.76. The number of carbonyl (C=O) groups is 1. The smallest absolute Gasteiger partial charge is 0.318 e. The first kappa shape index (κ1) is 17.5. The van der Waals surface area contributed by atoms with Crippen molar-refractivity contribution in [2.75, 3.05) is 13.7 Å². The molecular weight excluding hydrogens is 314 g/mol. The zero-order valence-electron chi connectivity index (χ0n) is 15.1. The third kappa shape index (κ3) is 3.54. The molecule has 0 spiro atoms. The van der Waals surface area contributed by atoms with Gasteiger partial charge in [0.1, 0.15) is 5.41 Å². The van der Waals surface area contributed by atoms with Gasteiger partial charge in [0.05, 0.1) is 26.4 Å². The number of hydrogen-bond acceptors (Lipinski definition) is 3. The summed E-state index contributed by atoms with van der Waals surface area (Å²) in [4.78, 5) is 12.5. The van der Waals surface area contributed by atoms with Gasteiger partial charge in [0.15, 0.2) is 0 Å². The second-order valence-corrected chi connectivity index (χ2v) is 6.74. The van der Waals surface area contributed by atoms with Gasteiger partial charge in [-0.2, -0.15) is 0 Å². The van der Waals surface area contributed by atoms with E-state index in [-0.39, 0.29) is 12.0 Å². The second kappa shape index (κ2) is 7.28. The maximum Gasteiger partial charge on any atom is 0.318 e. The molecule has 132 valence electrons. The van der Waals surface area contributed by atoms with Crippen LogP contribution < -0.4 is 0 Å². The molecule has 25 heavy (non-hydrogen) atoms. The minimum absolute atomic E-state index is 0.148. The van der Waals surface area contributed by atoms with Crippen LogP contribution in [0.25, 0.3) is 0 Å². The van der Waals surface area contributed by atoms with Crippen LogP contribution in [0.15, 0.2) is 54.6 Å². The SMILES string of the molecule is COC(=O)[C@@]1(COCc2ccccc2)C=C[C@@H](n2c(C)ccc2C)C1. The number of allylic oxidation sites excluding steroid dienone is 1. The molecule has 1 aromatic heterocycles. The van der Waals surface area contributed by atoms with Crippen LogP contribution in [0.5, 0.6) is 0 Å². The topological polar surface area (TPSA) is 40.5 Å². The lowest BCUT2D eigenvalue weighted by atomic mass is 9.87. The van der Waals surface area contributed by atoms with Crippen molar-refractivity contribution < 1.29 is 14.3 Å². The number of methoxy groups -OCH3 is 1. The average Bonchev–Trinajstić information content (AvgIpc) is 3.19. The first-order valence-corrected chi connectivity index (χ1v) is 8.59. The number of carbonyl (C=O) groups excluding carboxylic acids is 1. The molecule has 4 nitrogen and oxygen atoms in total. The molecule has 2 atom stereocenters. The number of ether oxygens (including phenoxy) is 2. The molecule has 0 fully saturated rings. The summed E-state index contributed by atoms with van der Waals surface area (Å²) in [5.74, 6) is -0.234. The minimum atomic E-state index is -0.725. The summed E-state index contributed by atoms with van der Waals surface area (Å²) < 4.78 is 13.2. The predicted octanol–water partition coefficient (Wildman–Crippen LogP) is 3.98. The van der Waals surface area contributed by atoms with Gasteiger partial charge in [-0.15, -0.1) is 0 Å². The molecule has 0 N–H and O–H groups in total. The third-order valence-electron chi connectivity index (χ3n) is 4.93. The molecule has 0 bridgehead atoms. The summed E-state index contributed by atoms with van der Waals surface area (Å²) in [6.45, 7) is 4.98. The number of aryl methyl sites for hydroxylation is 2. The molecular formula is C21H25NO3. The molecule has 0 unspecified atom stereocenters. The Kier molecular flexibility index (Phi) is 5.09. The van der Waals surface area contributed by atoms with E-state index in [0.717, 1.165) is 5.56 Å². The monoisotopic (exact) mass is 339 g/mol. The third-order valence-corrected chi connectivity index (χ3v) is 4.93. The van der Waals surface area contributed by atoms with Crippen LogP contribution in [-0.4, -0.2) is 24.3 Å². The van der Waals surface area contributed by atoms with Gasteiger partial charge in [-0.3, -0.25) is 4.79 Å². The molecule has 1 heterocycles. The van der Waals surface area contributed by atoms with Crippen molar-refractivity contribution in [3.05, 3.63) is 71.6 Å². The Morgan fingerprint density at radius 3 is 2.48 bits per heavy atom. The Bertz CT molecular complexity index is 743. The maximum atomic E-state index is 12.5. The normalized spacial score (nSPS) is 22.3. The van der Waals surface area contributed by atoms with E-state index in [1.165, 1.54) is 18.5 Å². The van der Waals surface area contributed by atoms with Crippen molar-refractivity contribution in [1.82, 2.24) is 4.57 Å². The Balaban J connectivity index is 1.73. The number of hydrogen-bond donors (Lipinski definition) is 0. The van der Waals surface area contributed by atoms with Crippen LogP contribution in [0.1, 0.15) is 29.4 Å². The fourth-order valence-corrected chi connectivity index (χ4v) is 3.63. The minimum Gasteiger partial charge on any atom is -0.468 e. The highest BCUT2D eigenvalue weighted by molar-refractivity contribution is 5.80. The molecule has 0 saturated carbocycles. The zero-order chi connectivity index (χ0) is 17.9. The van der Waals surface area contributed by atoms with E-state index in [1.54, 1.807) is 0 Å². The van der Waals surface area contributed by atoms with Crippen LogP contribution in [0, 0.1) is 19.3 Å². The summed E-state index contributed by atoms with van der Waals surface area (Å²) in [5, 5.41) is 0. The van der Waals surface area contributed by atoms with Crippen molar-refractivity contribution in [3.8, 4) is 0 Å². The molecule has 4 heteroatoms. The predicted molar refractivity (Wildman–Crippen MR) is 97.2 cm³/mol. The van der Waals surface area contributed by atoms with Crippen molar-refractivity contribution in [1.29, 1.82) is 0 Å². The van der Waals surface area contributed by atoms with Crippen molar-refractivity contribution in [2.45, 2.75) is 32.9 Å². The maximum absolute atomic E-state index is 12.5. The molecule has 1 aliphatic rings. The van der Waals surface area contributed by atoms with Crippen molar-refractivity contribution in [3.63, 3.8) is 0 Å². The number of aromatic nitrogens is 1. The van der Waals surface area contributed by atoms with Crippen LogP contribution in [0.3, 0.4) is 0 Å². The molecule has 0 saturated heterocycles. The Morgan fingerprint density at radius 2 is 1.84 bits per heavy atom. The Labute approximate surface area is 149 Å². The van der Waals surface area contributed by atoms with E-state index in [1.807, 2.05) is 36.4 Å². The standard InChI is InChI=1S/C21H25NO3/c1-16-9-10-17(2)22(16)19-11-12-21(13-19,20(23)24-3)15-25-14-18-7-5-4-6-8-18/h4-12,19H,13-15H2,1-3H3/t19-,21+/m1/s1. The summed E-state index contributed by atoms with van der Waals surface area (Å²) >= 11 is 0. The summed E-state index contributed by atoms with van der Waals surface area (Å²) in [6.07, 6.45) is 4.72. The second-order valence-electron chi connectivity index (χ2n) is 6.74. The fraction of sp³-hybridized carbons (Fsp3) is 0.381. The molecule has 1 aliphatic carbocycles. The summed E-state index contributed by atoms with van der Waals surface area (Å²) in [7, 11) is 1.44. The van der Waals surface area contributed by atoms with Gasteiger partial charge < -0.3 is 14.0 Å². The molecule has 2 aromatic rings. The van der Waals surface area contributed by atoms with Crippen LogP contribution in [0.4, 0.5) is 0 Å². The van der Waals surface area contributed by atoms with Gasteiger partial charge in [-0.05, 0) is 38.0 Å². The van der Waals surface area contributed by atoms with Gasteiger partial charge in [-0.25, -0.2) is 0 Å². The largest absolute Gasteiger partial charge is 0.468 e. The van der Waals surface area contributed by atoms with Gasteiger partial charge >= 0.3 is 5.97 Å². The van der Waals surface area contributed by atoms with E-state index in [2.05, 4.69) is 36.6 Å². The van der Waals surface area contributed by atoms with Crippen LogP contribution in [0.2, 0.25) is 0 Å². The Hall–Kier alpha value is -2.33. The van der Waals surface area contributed by atoms with E-state index in [9.17, 15) is 4.79 Å². The van der Waals surface area contributed by atoms with Crippen LogP contribution in [-0.2, 0) is 20.9 Å². The van der Waals surface area contributed by atoms with Crippen molar-refractivity contribution in [2.24, 2.45) is 5.41 Å². The molecule has 0 amide bonds. The van der Waals surface area contributed by atoms with Crippen molar-refractivity contribution >= 4 is 5.97 Å². The summed E-state index contributed by atoms with van der Waals surface area (Å²) in [6, 6.07) is 14.3. The number of rotatable bonds is 6. The molecule has 3 rings (SSSR count). The first-order valence-electron chi connectivity index (χ1n) is 8.59. The number of nitrogens with zero attached hydrogens (tertiary/aromatic N) is 1.